The number of fused-ring (bicyclic) bond motifs is 1. The number of aromatic nitrogens is 2. The molecule has 0 saturated carbocycles. The minimum atomic E-state index is 0.281. The van der Waals surface area contributed by atoms with Gasteiger partial charge in [-0.15, -0.1) is 11.3 Å². The van der Waals surface area contributed by atoms with Gasteiger partial charge in [0.25, 0.3) is 0 Å². The highest BCUT2D eigenvalue weighted by atomic mass is 32.1. The first kappa shape index (κ1) is 12.3. The van der Waals surface area contributed by atoms with E-state index in [1.807, 2.05) is 25.5 Å². The average Bonchev–Trinajstić information content (AvgIpc) is 2.88. The molecule has 0 aliphatic carbocycles. The standard InChI is InChI=1S/C15H15N3S/c1-16-13(11-6-8-17-9-7-11)10-15-18-12-4-2-3-5-14(12)19-15/h2-9,13,16H,10H2,1H3. The lowest BCUT2D eigenvalue weighted by Gasteiger charge is -2.14. The summed E-state index contributed by atoms with van der Waals surface area (Å²) in [6.45, 7) is 0. The molecule has 4 heteroatoms. The van der Waals surface area contributed by atoms with Crippen molar-refractivity contribution in [2.24, 2.45) is 0 Å². The van der Waals surface area contributed by atoms with Gasteiger partial charge in [-0.05, 0) is 36.9 Å². The van der Waals surface area contributed by atoms with E-state index in [1.165, 1.54) is 10.3 Å². The second-order valence-corrected chi connectivity index (χ2v) is 5.52. The van der Waals surface area contributed by atoms with Crippen molar-refractivity contribution in [3.63, 3.8) is 0 Å². The Morgan fingerprint density at radius 2 is 1.95 bits per heavy atom. The smallest absolute Gasteiger partial charge is 0.0957 e. The highest BCUT2D eigenvalue weighted by Gasteiger charge is 2.12. The van der Waals surface area contributed by atoms with Crippen LogP contribution in [-0.2, 0) is 6.42 Å². The molecule has 3 nitrogen and oxygen atoms in total. The summed E-state index contributed by atoms with van der Waals surface area (Å²) in [5.41, 5.74) is 2.34. The number of hydrogen-bond acceptors (Lipinski definition) is 4. The van der Waals surface area contributed by atoms with Gasteiger partial charge in [0.1, 0.15) is 0 Å². The lowest BCUT2D eigenvalue weighted by molar-refractivity contribution is 0.590. The van der Waals surface area contributed by atoms with E-state index in [1.54, 1.807) is 11.3 Å². The summed E-state index contributed by atoms with van der Waals surface area (Å²) in [6.07, 6.45) is 4.57. The van der Waals surface area contributed by atoms with Gasteiger partial charge in [0.05, 0.1) is 15.2 Å². The summed E-state index contributed by atoms with van der Waals surface area (Å²) < 4.78 is 1.25. The molecule has 19 heavy (non-hydrogen) atoms. The zero-order chi connectivity index (χ0) is 13.1. The minimum absolute atomic E-state index is 0.281. The van der Waals surface area contributed by atoms with E-state index >= 15 is 0 Å². The largest absolute Gasteiger partial charge is 0.313 e. The van der Waals surface area contributed by atoms with Crippen LogP contribution in [0.15, 0.2) is 48.8 Å². The number of para-hydroxylation sites is 1. The maximum atomic E-state index is 4.69. The molecule has 3 rings (SSSR count). The van der Waals surface area contributed by atoms with Crippen molar-refractivity contribution < 1.29 is 0 Å². The molecule has 2 heterocycles. The van der Waals surface area contributed by atoms with Gasteiger partial charge in [-0.3, -0.25) is 4.98 Å². The molecule has 0 aliphatic rings. The van der Waals surface area contributed by atoms with Crippen LogP contribution in [-0.4, -0.2) is 17.0 Å². The predicted octanol–water partition coefficient (Wildman–Crippen LogP) is 3.19. The highest BCUT2D eigenvalue weighted by molar-refractivity contribution is 7.18. The number of benzene rings is 1. The second-order valence-electron chi connectivity index (χ2n) is 4.40. The molecule has 0 fully saturated rings. The van der Waals surface area contributed by atoms with Crippen LogP contribution in [0.1, 0.15) is 16.6 Å². The summed E-state index contributed by atoms with van der Waals surface area (Å²) in [7, 11) is 1.98. The summed E-state index contributed by atoms with van der Waals surface area (Å²) in [6, 6.07) is 12.7. The van der Waals surface area contributed by atoms with Gasteiger partial charge in [-0.2, -0.15) is 0 Å². The SMILES string of the molecule is CNC(Cc1nc2ccccc2s1)c1ccncc1. The molecule has 96 valence electrons. The third-order valence-electron chi connectivity index (χ3n) is 3.17. The van der Waals surface area contributed by atoms with Crippen LogP contribution in [0.4, 0.5) is 0 Å². The molecule has 0 bridgehead atoms. The van der Waals surface area contributed by atoms with E-state index in [2.05, 4.69) is 45.6 Å². The predicted molar refractivity (Wildman–Crippen MR) is 79.4 cm³/mol. The zero-order valence-corrected chi connectivity index (χ0v) is 11.5. The quantitative estimate of drug-likeness (QED) is 0.790. The summed E-state index contributed by atoms with van der Waals surface area (Å²) in [4.78, 5) is 8.75. The van der Waals surface area contributed by atoms with E-state index in [0.29, 0.717) is 0 Å². The molecule has 0 spiro atoms. The molecule has 0 radical (unpaired) electrons. The Labute approximate surface area is 116 Å². The van der Waals surface area contributed by atoms with Crippen LogP contribution in [0.25, 0.3) is 10.2 Å². The first-order valence-corrected chi connectivity index (χ1v) is 7.10. The number of nitrogens with zero attached hydrogens (tertiary/aromatic N) is 2. The lowest BCUT2D eigenvalue weighted by atomic mass is 10.1. The van der Waals surface area contributed by atoms with Gasteiger partial charge < -0.3 is 5.32 Å². The Morgan fingerprint density at radius 3 is 2.68 bits per heavy atom. The fraction of sp³-hybridized carbons (Fsp3) is 0.200. The van der Waals surface area contributed by atoms with Crippen LogP contribution >= 0.6 is 11.3 Å². The highest BCUT2D eigenvalue weighted by Crippen LogP contribution is 2.25. The fourth-order valence-corrected chi connectivity index (χ4v) is 3.18. The monoisotopic (exact) mass is 269 g/mol. The fourth-order valence-electron chi connectivity index (χ4n) is 2.16. The summed E-state index contributed by atoms with van der Waals surface area (Å²) in [5.74, 6) is 0. The van der Waals surface area contributed by atoms with E-state index in [4.69, 9.17) is 0 Å². The number of hydrogen-bond donors (Lipinski definition) is 1. The molecular weight excluding hydrogens is 254 g/mol. The topological polar surface area (TPSA) is 37.8 Å². The Hall–Kier alpha value is -1.78. The van der Waals surface area contributed by atoms with Crippen LogP contribution in [0.5, 0.6) is 0 Å². The van der Waals surface area contributed by atoms with Crippen molar-refractivity contribution in [2.45, 2.75) is 12.5 Å². The normalized spacial score (nSPS) is 12.7. The molecule has 0 saturated heterocycles. The molecule has 0 aliphatic heterocycles. The van der Waals surface area contributed by atoms with Crippen LogP contribution in [0.2, 0.25) is 0 Å². The number of likely N-dealkylation sites (N-methyl/N-ethyl adjacent to an activating group) is 1. The molecule has 1 unspecified atom stereocenters. The molecule has 1 N–H and O–H groups in total. The zero-order valence-electron chi connectivity index (χ0n) is 10.7. The van der Waals surface area contributed by atoms with Gasteiger partial charge >= 0.3 is 0 Å². The van der Waals surface area contributed by atoms with E-state index < -0.39 is 0 Å². The van der Waals surface area contributed by atoms with Crippen LogP contribution in [0.3, 0.4) is 0 Å². The molecule has 2 aromatic heterocycles. The van der Waals surface area contributed by atoms with Gasteiger partial charge in [0.15, 0.2) is 0 Å². The van der Waals surface area contributed by atoms with E-state index in [0.717, 1.165) is 16.9 Å². The van der Waals surface area contributed by atoms with Crippen molar-refractivity contribution in [1.29, 1.82) is 0 Å². The molecular formula is C15H15N3S. The Kier molecular flexibility index (Phi) is 3.53. The maximum Gasteiger partial charge on any atom is 0.0957 e. The van der Waals surface area contributed by atoms with Crippen LogP contribution in [0, 0.1) is 0 Å². The number of nitrogens with one attached hydrogen (secondary N) is 1. The Balaban J connectivity index is 1.86. The molecule has 1 atom stereocenters. The van der Waals surface area contributed by atoms with Crippen LogP contribution < -0.4 is 5.32 Å². The lowest BCUT2D eigenvalue weighted by Crippen LogP contribution is -2.18. The summed E-state index contributed by atoms with van der Waals surface area (Å²) in [5, 5.41) is 4.51. The van der Waals surface area contributed by atoms with Gasteiger partial charge in [0, 0.05) is 24.9 Å². The van der Waals surface area contributed by atoms with Crippen molar-refractivity contribution >= 4 is 21.6 Å². The first-order valence-electron chi connectivity index (χ1n) is 6.28. The van der Waals surface area contributed by atoms with Crippen molar-refractivity contribution in [3.05, 3.63) is 59.4 Å². The Bertz CT molecular complexity index is 630. The minimum Gasteiger partial charge on any atom is -0.313 e. The molecule has 0 amide bonds. The number of pyridine rings is 1. The third-order valence-corrected chi connectivity index (χ3v) is 4.23. The van der Waals surface area contributed by atoms with Gasteiger partial charge in [-0.25, -0.2) is 4.98 Å². The summed E-state index contributed by atoms with van der Waals surface area (Å²) >= 11 is 1.77. The Morgan fingerprint density at radius 1 is 1.16 bits per heavy atom. The molecule has 1 aromatic carbocycles. The van der Waals surface area contributed by atoms with Crippen molar-refractivity contribution in [2.75, 3.05) is 7.05 Å². The second kappa shape index (κ2) is 5.47. The maximum absolute atomic E-state index is 4.69. The first-order chi connectivity index (χ1) is 9.36. The van der Waals surface area contributed by atoms with Crippen molar-refractivity contribution in [1.82, 2.24) is 15.3 Å². The number of rotatable bonds is 4. The van der Waals surface area contributed by atoms with E-state index in [-0.39, 0.29) is 6.04 Å². The van der Waals surface area contributed by atoms with Gasteiger partial charge in [0.2, 0.25) is 0 Å². The third kappa shape index (κ3) is 2.64. The average molecular weight is 269 g/mol. The van der Waals surface area contributed by atoms with E-state index in [9.17, 15) is 0 Å². The van der Waals surface area contributed by atoms with Crippen molar-refractivity contribution in [3.8, 4) is 0 Å². The molecule has 3 aromatic rings. The number of thiazole rings is 1. The van der Waals surface area contributed by atoms with Gasteiger partial charge in [-0.1, -0.05) is 12.1 Å².